The predicted molar refractivity (Wildman–Crippen MR) is 68.2 cm³/mol. The van der Waals surface area contributed by atoms with E-state index in [1.165, 1.54) is 0 Å². The molecule has 1 N–H and O–H groups in total. The van der Waals surface area contributed by atoms with Crippen molar-refractivity contribution in [1.29, 1.82) is 0 Å². The summed E-state index contributed by atoms with van der Waals surface area (Å²) in [5, 5.41) is 10.8. The van der Waals surface area contributed by atoms with Crippen molar-refractivity contribution < 1.29 is 19.4 Å². The van der Waals surface area contributed by atoms with Gasteiger partial charge in [0.05, 0.1) is 5.60 Å². The highest BCUT2D eigenvalue weighted by molar-refractivity contribution is 5.92. The first-order chi connectivity index (χ1) is 8.75. The highest BCUT2D eigenvalue weighted by Gasteiger charge is 2.60. The molecule has 0 radical (unpaired) electrons. The first-order valence-electron chi connectivity index (χ1n) is 6.91. The third kappa shape index (κ3) is 1.62. The van der Waals surface area contributed by atoms with Gasteiger partial charge in [-0.1, -0.05) is 13.5 Å². The lowest BCUT2D eigenvalue weighted by Crippen LogP contribution is -2.43. The Morgan fingerprint density at radius 2 is 2.00 bits per heavy atom. The molecular weight excluding hydrogens is 244 g/mol. The number of aliphatic hydroxyl groups is 1. The monoisotopic (exact) mass is 264 g/mol. The van der Waals surface area contributed by atoms with Gasteiger partial charge in [-0.3, -0.25) is 4.79 Å². The Morgan fingerprint density at radius 3 is 2.68 bits per heavy atom. The van der Waals surface area contributed by atoms with Crippen LogP contribution in [0.3, 0.4) is 0 Å². The number of carbonyl (C=O) groups is 2. The Balaban J connectivity index is 2.04. The molecule has 19 heavy (non-hydrogen) atoms. The zero-order valence-corrected chi connectivity index (χ0v) is 11.4. The summed E-state index contributed by atoms with van der Waals surface area (Å²) in [6, 6.07) is 0. The fourth-order valence-electron chi connectivity index (χ4n) is 4.44. The second-order valence-electron chi connectivity index (χ2n) is 6.77. The van der Waals surface area contributed by atoms with E-state index in [0.29, 0.717) is 24.8 Å². The van der Waals surface area contributed by atoms with Crippen LogP contribution in [0.15, 0.2) is 12.2 Å². The molecule has 3 rings (SSSR count). The smallest absolute Gasteiger partial charge is 0.334 e. The first-order valence-corrected chi connectivity index (χ1v) is 6.91. The number of ketones is 1. The molecule has 0 aromatic carbocycles. The molecule has 5 unspecified atom stereocenters. The molecule has 5 atom stereocenters. The van der Waals surface area contributed by atoms with Crippen molar-refractivity contribution >= 4 is 11.8 Å². The molecule has 0 aromatic rings. The van der Waals surface area contributed by atoms with Crippen LogP contribution in [0.2, 0.25) is 0 Å². The van der Waals surface area contributed by atoms with Gasteiger partial charge < -0.3 is 9.84 Å². The summed E-state index contributed by atoms with van der Waals surface area (Å²) in [5.41, 5.74) is -1.06. The van der Waals surface area contributed by atoms with E-state index in [1.54, 1.807) is 6.92 Å². The number of rotatable bonds is 0. The molecule has 2 saturated carbocycles. The fourth-order valence-corrected chi connectivity index (χ4v) is 4.44. The van der Waals surface area contributed by atoms with Gasteiger partial charge in [-0.25, -0.2) is 4.79 Å². The minimum atomic E-state index is -0.967. The topological polar surface area (TPSA) is 63.6 Å². The molecule has 3 fully saturated rings. The van der Waals surface area contributed by atoms with E-state index in [1.807, 2.05) is 6.92 Å². The molecule has 0 amide bonds. The SMILES string of the molecule is C=C1C(=O)OC2CC(C)(O)C3CCC(=O)C3(C)CC12. The van der Waals surface area contributed by atoms with Crippen molar-refractivity contribution in [3.63, 3.8) is 0 Å². The van der Waals surface area contributed by atoms with Crippen LogP contribution in [0.25, 0.3) is 0 Å². The van der Waals surface area contributed by atoms with Crippen molar-refractivity contribution in [3.05, 3.63) is 12.2 Å². The Hall–Kier alpha value is -1.16. The number of hydrogen-bond donors (Lipinski definition) is 1. The first kappa shape index (κ1) is 12.9. The summed E-state index contributed by atoms with van der Waals surface area (Å²) >= 11 is 0. The minimum Gasteiger partial charge on any atom is -0.458 e. The standard InChI is InChI=1S/C15H20O4/c1-8-9-6-14(2)11(4-5-12(14)16)15(3,18)7-10(9)19-13(8)17/h9-11,18H,1,4-7H2,2-3H3. The van der Waals surface area contributed by atoms with Crippen molar-refractivity contribution in [3.8, 4) is 0 Å². The average Bonchev–Trinajstić information content (AvgIpc) is 2.69. The van der Waals surface area contributed by atoms with E-state index in [0.717, 1.165) is 6.42 Å². The van der Waals surface area contributed by atoms with Crippen LogP contribution in [0.1, 0.15) is 39.5 Å². The van der Waals surface area contributed by atoms with E-state index in [4.69, 9.17) is 4.74 Å². The van der Waals surface area contributed by atoms with Crippen molar-refractivity contribution in [2.75, 3.05) is 0 Å². The van der Waals surface area contributed by atoms with Gasteiger partial charge in [0, 0.05) is 35.7 Å². The van der Waals surface area contributed by atoms with E-state index in [-0.39, 0.29) is 29.7 Å². The lowest BCUT2D eigenvalue weighted by molar-refractivity contribution is -0.143. The Bertz CT molecular complexity index is 479. The maximum atomic E-state index is 12.3. The van der Waals surface area contributed by atoms with Gasteiger partial charge in [0.1, 0.15) is 11.9 Å². The third-order valence-electron chi connectivity index (χ3n) is 5.49. The van der Waals surface area contributed by atoms with Crippen LogP contribution in [0.5, 0.6) is 0 Å². The molecule has 1 aliphatic heterocycles. The lowest BCUT2D eigenvalue weighted by Gasteiger charge is -2.38. The number of hydrogen-bond acceptors (Lipinski definition) is 4. The van der Waals surface area contributed by atoms with Gasteiger partial charge in [-0.15, -0.1) is 0 Å². The van der Waals surface area contributed by atoms with Gasteiger partial charge in [0.25, 0.3) is 0 Å². The number of fused-ring (bicyclic) bond motifs is 2. The number of carbonyl (C=O) groups excluding carboxylic acids is 2. The molecular formula is C15H20O4. The molecule has 3 aliphatic rings. The molecule has 4 nitrogen and oxygen atoms in total. The molecule has 0 aromatic heterocycles. The Kier molecular flexibility index (Phi) is 2.50. The number of ether oxygens (including phenoxy) is 1. The predicted octanol–water partition coefficient (Wildman–Crippen LogP) is 1.61. The van der Waals surface area contributed by atoms with E-state index in [9.17, 15) is 14.7 Å². The van der Waals surface area contributed by atoms with Crippen molar-refractivity contribution in [2.45, 2.75) is 51.2 Å². The van der Waals surface area contributed by atoms with Crippen LogP contribution < -0.4 is 0 Å². The van der Waals surface area contributed by atoms with Crippen molar-refractivity contribution in [1.82, 2.24) is 0 Å². The summed E-state index contributed by atoms with van der Waals surface area (Å²) in [5.74, 6) is -0.357. The Morgan fingerprint density at radius 1 is 1.32 bits per heavy atom. The van der Waals surface area contributed by atoms with E-state index < -0.39 is 11.0 Å². The summed E-state index contributed by atoms with van der Waals surface area (Å²) in [7, 11) is 0. The number of esters is 1. The lowest BCUT2D eigenvalue weighted by atomic mass is 9.68. The summed E-state index contributed by atoms with van der Waals surface area (Å²) in [6.07, 6.45) is 1.89. The average molecular weight is 264 g/mol. The third-order valence-corrected chi connectivity index (χ3v) is 5.49. The van der Waals surface area contributed by atoms with Crippen LogP contribution in [-0.2, 0) is 14.3 Å². The van der Waals surface area contributed by atoms with Crippen LogP contribution in [0, 0.1) is 17.3 Å². The molecule has 0 spiro atoms. The summed E-state index contributed by atoms with van der Waals surface area (Å²) in [6.45, 7) is 7.51. The van der Waals surface area contributed by atoms with Crippen LogP contribution in [0.4, 0.5) is 0 Å². The summed E-state index contributed by atoms with van der Waals surface area (Å²) in [4.78, 5) is 23.9. The Labute approximate surface area is 112 Å². The molecule has 1 saturated heterocycles. The van der Waals surface area contributed by atoms with E-state index in [2.05, 4.69) is 6.58 Å². The highest BCUT2D eigenvalue weighted by atomic mass is 16.6. The van der Waals surface area contributed by atoms with Gasteiger partial charge >= 0.3 is 5.97 Å². The molecule has 2 aliphatic carbocycles. The minimum absolute atomic E-state index is 0.0513. The zero-order chi connectivity index (χ0) is 14.0. The van der Waals surface area contributed by atoms with Gasteiger partial charge in [-0.05, 0) is 19.8 Å². The van der Waals surface area contributed by atoms with Crippen LogP contribution >= 0.6 is 0 Å². The zero-order valence-electron chi connectivity index (χ0n) is 11.4. The second kappa shape index (κ2) is 3.69. The largest absolute Gasteiger partial charge is 0.458 e. The summed E-state index contributed by atoms with van der Waals surface area (Å²) < 4.78 is 5.33. The number of Topliss-reactive ketones (excluding diaryl/α,β-unsaturated/α-hetero) is 1. The molecule has 0 bridgehead atoms. The van der Waals surface area contributed by atoms with E-state index >= 15 is 0 Å². The highest BCUT2D eigenvalue weighted by Crippen LogP contribution is 2.56. The maximum absolute atomic E-state index is 12.3. The fraction of sp³-hybridized carbons (Fsp3) is 0.733. The van der Waals surface area contributed by atoms with Gasteiger partial charge in [0.2, 0.25) is 0 Å². The normalized spacial score (nSPS) is 49.6. The van der Waals surface area contributed by atoms with Gasteiger partial charge in [0.15, 0.2) is 0 Å². The van der Waals surface area contributed by atoms with Crippen LogP contribution in [-0.4, -0.2) is 28.6 Å². The molecule has 1 heterocycles. The van der Waals surface area contributed by atoms with Gasteiger partial charge in [-0.2, -0.15) is 0 Å². The molecule has 104 valence electrons. The second-order valence-corrected chi connectivity index (χ2v) is 6.77. The quantitative estimate of drug-likeness (QED) is 0.533. The molecule has 4 heteroatoms. The maximum Gasteiger partial charge on any atom is 0.334 e. The van der Waals surface area contributed by atoms with Crippen molar-refractivity contribution in [2.24, 2.45) is 17.3 Å².